The summed E-state index contributed by atoms with van der Waals surface area (Å²) >= 11 is 7.91. The Hall–Kier alpha value is -0.710. The van der Waals surface area contributed by atoms with Gasteiger partial charge in [-0.25, -0.2) is 0 Å². The second-order valence-corrected chi connectivity index (χ2v) is 7.04. The summed E-state index contributed by atoms with van der Waals surface area (Å²) < 4.78 is 4.64. The van der Waals surface area contributed by atoms with Gasteiger partial charge in [-0.2, -0.15) is 0 Å². The molecule has 0 aliphatic rings. The predicted octanol–water partition coefficient (Wildman–Crippen LogP) is 3.88. The number of nitrogens with one attached hydrogen (secondary N) is 1. The standard InChI is InChI=1S/C15H22ClNO2S/c1-15(2,3)17-10-11-12(16)6-5-7-13(11)20-9-8-14(18)19-4/h5-7,17H,8-10H2,1-4H3. The first-order chi connectivity index (χ1) is 9.33. The zero-order valence-electron chi connectivity index (χ0n) is 12.5. The summed E-state index contributed by atoms with van der Waals surface area (Å²) in [5, 5.41) is 4.19. The summed E-state index contributed by atoms with van der Waals surface area (Å²) in [6, 6.07) is 5.86. The predicted molar refractivity (Wildman–Crippen MR) is 85.4 cm³/mol. The lowest BCUT2D eigenvalue weighted by atomic mass is 10.1. The number of ether oxygens (including phenoxy) is 1. The van der Waals surface area contributed by atoms with Crippen LogP contribution in [0.3, 0.4) is 0 Å². The molecule has 0 atom stereocenters. The fourth-order valence-electron chi connectivity index (χ4n) is 1.55. The van der Waals surface area contributed by atoms with Crippen LogP contribution in [0.25, 0.3) is 0 Å². The summed E-state index contributed by atoms with van der Waals surface area (Å²) in [6.07, 6.45) is 0.403. The summed E-state index contributed by atoms with van der Waals surface area (Å²) in [4.78, 5) is 12.2. The molecule has 0 aromatic heterocycles. The van der Waals surface area contributed by atoms with Crippen LogP contribution in [-0.4, -0.2) is 24.4 Å². The maximum Gasteiger partial charge on any atom is 0.306 e. The van der Waals surface area contributed by atoms with Crippen molar-refractivity contribution in [3.05, 3.63) is 28.8 Å². The second-order valence-electron chi connectivity index (χ2n) is 5.49. The van der Waals surface area contributed by atoms with E-state index in [2.05, 4.69) is 30.8 Å². The van der Waals surface area contributed by atoms with Gasteiger partial charge in [-0.1, -0.05) is 17.7 Å². The lowest BCUT2D eigenvalue weighted by Gasteiger charge is -2.22. The fourth-order valence-corrected chi connectivity index (χ4v) is 2.86. The van der Waals surface area contributed by atoms with Crippen molar-refractivity contribution in [3.8, 4) is 0 Å². The van der Waals surface area contributed by atoms with Gasteiger partial charge in [0.25, 0.3) is 0 Å². The van der Waals surface area contributed by atoms with Gasteiger partial charge in [0.05, 0.1) is 13.5 Å². The number of halogens is 1. The van der Waals surface area contributed by atoms with Gasteiger partial charge in [0.15, 0.2) is 0 Å². The van der Waals surface area contributed by atoms with Crippen molar-refractivity contribution in [2.45, 2.75) is 44.2 Å². The molecule has 20 heavy (non-hydrogen) atoms. The highest BCUT2D eigenvalue weighted by atomic mass is 35.5. The van der Waals surface area contributed by atoms with Crippen molar-refractivity contribution in [1.29, 1.82) is 0 Å². The topological polar surface area (TPSA) is 38.3 Å². The van der Waals surface area contributed by atoms with Crippen LogP contribution in [0.4, 0.5) is 0 Å². The number of hydrogen-bond acceptors (Lipinski definition) is 4. The van der Waals surface area contributed by atoms with E-state index in [1.807, 2.05) is 18.2 Å². The number of carbonyl (C=O) groups excluding carboxylic acids is 1. The summed E-state index contributed by atoms with van der Waals surface area (Å²) in [6.45, 7) is 7.07. The molecule has 1 aromatic carbocycles. The first-order valence-electron chi connectivity index (χ1n) is 6.55. The third-order valence-electron chi connectivity index (χ3n) is 2.66. The average Bonchev–Trinajstić information content (AvgIpc) is 2.36. The van der Waals surface area contributed by atoms with Crippen LogP contribution >= 0.6 is 23.4 Å². The number of benzene rings is 1. The zero-order valence-corrected chi connectivity index (χ0v) is 14.0. The number of carbonyl (C=O) groups is 1. The van der Waals surface area contributed by atoms with Gasteiger partial charge in [0.1, 0.15) is 0 Å². The molecule has 0 amide bonds. The molecule has 0 spiro atoms. The number of methoxy groups -OCH3 is 1. The number of hydrogen-bond donors (Lipinski definition) is 1. The van der Waals surface area contributed by atoms with E-state index in [1.54, 1.807) is 11.8 Å². The molecular formula is C15H22ClNO2S. The molecule has 1 aromatic rings. The van der Waals surface area contributed by atoms with Gasteiger partial charge in [0, 0.05) is 27.8 Å². The minimum Gasteiger partial charge on any atom is -0.469 e. The third-order valence-corrected chi connectivity index (χ3v) is 4.12. The van der Waals surface area contributed by atoms with Crippen molar-refractivity contribution in [2.24, 2.45) is 0 Å². The highest BCUT2D eigenvalue weighted by Gasteiger charge is 2.13. The first kappa shape index (κ1) is 17.3. The smallest absolute Gasteiger partial charge is 0.306 e. The van der Waals surface area contributed by atoms with Crippen LogP contribution < -0.4 is 5.32 Å². The molecule has 0 radical (unpaired) electrons. The zero-order chi connectivity index (χ0) is 15.2. The van der Waals surface area contributed by atoms with E-state index in [0.29, 0.717) is 18.7 Å². The molecule has 0 aliphatic heterocycles. The first-order valence-corrected chi connectivity index (χ1v) is 7.92. The van der Waals surface area contributed by atoms with E-state index in [4.69, 9.17) is 11.6 Å². The molecule has 0 saturated carbocycles. The summed E-state index contributed by atoms with van der Waals surface area (Å²) in [5.41, 5.74) is 1.12. The Morgan fingerprint density at radius 3 is 2.70 bits per heavy atom. The van der Waals surface area contributed by atoms with E-state index in [0.717, 1.165) is 15.5 Å². The van der Waals surface area contributed by atoms with E-state index >= 15 is 0 Å². The lowest BCUT2D eigenvalue weighted by Crippen LogP contribution is -2.35. The van der Waals surface area contributed by atoms with Crippen LogP contribution in [0.5, 0.6) is 0 Å². The normalized spacial score (nSPS) is 11.4. The van der Waals surface area contributed by atoms with E-state index < -0.39 is 0 Å². The van der Waals surface area contributed by atoms with Crippen LogP contribution in [0, 0.1) is 0 Å². The largest absolute Gasteiger partial charge is 0.469 e. The minimum absolute atomic E-state index is 0.0348. The Labute approximate surface area is 130 Å². The van der Waals surface area contributed by atoms with Crippen LogP contribution in [0.15, 0.2) is 23.1 Å². The molecule has 0 bridgehead atoms. The van der Waals surface area contributed by atoms with Crippen molar-refractivity contribution in [1.82, 2.24) is 5.32 Å². The molecule has 0 saturated heterocycles. The SMILES string of the molecule is COC(=O)CCSc1cccc(Cl)c1CNC(C)(C)C. The third kappa shape index (κ3) is 6.16. The van der Waals surface area contributed by atoms with E-state index in [9.17, 15) is 4.79 Å². The average molecular weight is 316 g/mol. The molecule has 0 aliphatic carbocycles. The fraction of sp³-hybridized carbons (Fsp3) is 0.533. The van der Waals surface area contributed by atoms with Gasteiger partial charge in [0.2, 0.25) is 0 Å². The maximum absolute atomic E-state index is 11.1. The van der Waals surface area contributed by atoms with Crippen LogP contribution in [-0.2, 0) is 16.1 Å². The summed E-state index contributed by atoms with van der Waals surface area (Å²) in [5.74, 6) is 0.504. The molecule has 1 N–H and O–H groups in total. The molecular weight excluding hydrogens is 294 g/mol. The van der Waals surface area contributed by atoms with Crippen molar-refractivity contribution >= 4 is 29.3 Å². The Morgan fingerprint density at radius 1 is 1.40 bits per heavy atom. The van der Waals surface area contributed by atoms with Crippen molar-refractivity contribution in [2.75, 3.05) is 12.9 Å². The maximum atomic E-state index is 11.1. The monoisotopic (exact) mass is 315 g/mol. The molecule has 0 fully saturated rings. The van der Waals surface area contributed by atoms with E-state index in [-0.39, 0.29) is 11.5 Å². The molecule has 3 nitrogen and oxygen atoms in total. The van der Waals surface area contributed by atoms with Crippen LogP contribution in [0.2, 0.25) is 5.02 Å². The molecule has 0 unspecified atom stereocenters. The molecule has 5 heteroatoms. The summed E-state index contributed by atoms with van der Waals surface area (Å²) in [7, 11) is 1.41. The lowest BCUT2D eigenvalue weighted by molar-refractivity contribution is -0.140. The minimum atomic E-state index is -0.186. The second kappa shape index (κ2) is 7.91. The molecule has 0 heterocycles. The number of rotatable bonds is 6. The number of thioether (sulfide) groups is 1. The quantitative estimate of drug-likeness (QED) is 0.638. The van der Waals surface area contributed by atoms with Gasteiger partial charge >= 0.3 is 5.97 Å². The van der Waals surface area contributed by atoms with Gasteiger partial charge in [-0.3, -0.25) is 4.79 Å². The van der Waals surface area contributed by atoms with Gasteiger partial charge in [-0.15, -0.1) is 11.8 Å². The van der Waals surface area contributed by atoms with Gasteiger partial charge < -0.3 is 10.1 Å². The molecule has 112 valence electrons. The Morgan fingerprint density at radius 2 is 2.10 bits per heavy atom. The van der Waals surface area contributed by atoms with Gasteiger partial charge in [-0.05, 0) is 38.5 Å². The Kier molecular flexibility index (Phi) is 6.86. The van der Waals surface area contributed by atoms with Crippen molar-refractivity contribution in [3.63, 3.8) is 0 Å². The number of esters is 1. The Bertz CT molecular complexity index is 458. The highest BCUT2D eigenvalue weighted by Crippen LogP contribution is 2.29. The highest BCUT2D eigenvalue weighted by molar-refractivity contribution is 7.99. The van der Waals surface area contributed by atoms with Crippen LogP contribution in [0.1, 0.15) is 32.8 Å². The van der Waals surface area contributed by atoms with E-state index in [1.165, 1.54) is 7.11 Å². The molecule has 1 rings (SSSR count). The van der Waals surface area contributed by atoms with Crippen molar-refractivity contribution < 1.29 is 9.53 Å². The Balaban J connectivity index is 2.70.